The molecule has 1 atom stereocenters. The largest absolute Gasteiger partial charge is 0.487 e. The van der Waals surface area contributed by atoms with Crippen LogP contribution in [0.4, 0.5) is 0 Å². The average Bonchev–Trinajstić information content (AvgIpc) is 2.59. The van der Waals surface area contributed by atoms with E-state index in [1.165, 1.54) is 38.5 Å². The van der Waals surface area contributed by atoms with E-state index in [9.17, 15) is 0 Å². The maximum atomic E-state index is 5.90. The van der Waals surface area contributed by atoms with Crippen LogP contribution in [0.25, 0.3) is 11.4 Å². The first-order valence-corrected chi connectivity index (χ1v) is 8.74. The second kappa shape index (κ2) is 9.98. The lowest BCUT2D eigenvalue weighted by atomic mass is 10.1. The van der Waals surface area contributed by atoms with E-state index in [2.05, 4.69) is 29.9 Å². The van der Waals surface area contributed by atoms with Crippen molar-refractivity contribution in [1.29, 1.82) is 0 Å². The van der Waals surface area contributed by atoms with Crippen molar-refractivity contribution in [3.8, 4) is 17.1 Å². The van der Waals surface area contributed by atoms with Gasteiger partial charge >= 0.3 is 0 Å². The maximum absolute atomic E-state index is 5.90. The first kappa shape index (κ1) is 17.5. The fourth-order valence-electron chi connectivity index (χ4n) is 2.56. The molecule has 0 saturated carbocycles. The van der Waals surface area contributed by atoms with Crippen LogP contribution in [0.1, 0.15) is 58.8 Å². The van der Waals surface area contributed by atoms with E-state index in [0.29, 0.717) is 5.82 Å². The molecule has 1 heterocycles. The minimum atomic E-state index is 0.209. The number of hydrogen-bond acceptors (Lipinski definition) is 3. The average molecular weight is 311 g/mol. The highest BCUT2D eigenvalue weighted by Crippen LogP contribution is 2.18. The van der Waals surface area contributed by atoms with E-state index in [4.69, 9.17) is 4.74 Å². The molecule has 1 aromatic carbocycles. The summed E-state index contributed by atoms with van der Waals surface area (Å²) in [5, 5.41) is 0. The van der Waals surface area contributed by atoms with Gasteiger partial charge in [-0.15, -0.1) is 0 Å². The Bertz CT molecular complexity index is 539. The van der Waals surface area contributed by atoms with Crippen LogP contribution >= 0.6 is 0 Å². The van der Waals surface area contributed by atoms with E-state index < -0.39 is 0 Å². The zero-order valence-corrected chi connectivity index (χ0v) is 14.3. The van der Waals surface area contributed by atoms with Gasteiger partial charge in [-0.05, 0) is 31.9 Å². The fourth-order valence-corrected chi connectivity index (χ4v) is 2.56. The van der Waals surface area contributed by atoms with E-state index >= 15 is 0 Å². The van der Waals surface area contributed by atoms with Gasteiger partial charge < -0.3 is 4.74 Å². The van der Waals surface area contributed by atoms with Gasteiger partial charge in [0.2, 0.25) is 0 Å². The molecule has 23 heavy (non-hydrogen) atoms. The molecule has 0 N–H and O–H groups in total. The number of ether oxygens (including phenoxy) is 1. The van der Waals surface area contributed by atoms with Gasteiger partial charge in [-0.1, -0.05) is 57.2 Å². The van der Waals surface area contributed by atoms with Gasteiger partial charge in [-0.25, -0.2) is 9.97 Å². The summed E-state index contributed by atoms with van der Waals surface area (Å²) in [7, 11) is 0. The third-order valence-corrected chi connectivity index (χ3v) is 3.89. The Morgan fingerprint density at radius 1 is 1.09 bits per heavy atom. The Morgan fingerprint density at radius 2 is 1.83 bits per heavy atom. The molecule has 123 valence electrons. The summed E-state index contributed by atoms with van der Waals surface area (Å²) in [6.07, 6.45) is 12.7. The summed E-state index contributed by atoms with van der Waals surface area (Å²) in [6, 6.07) is 10.7. The van der Waals surface area contributed by atoms with Crippen molar-refractivity contribution in [2.75, 3.05) is 0 Å². The van der Waals surface area contributed by atoms with Crippen LogP contribution in [0.15, 0.2) is 36.7 Å². The Morgan fingerprint density at radius 3 is 2.52 bits per heavy atom. The summed E-state index contributed by atoms with van der Waals surface area (Å²) in [5.74, 6) is 1.45. The van der Waals surface area contributed by atoms with Crippen molar-refractivity contribution in [1.82, 2.24) is 9.97 Å². The summed E-state index contributed by atoms with van der Waals surface area (Å²) in [6.45, 7) is 4.37. The molecule has 0 aliphatic rings. The SMILES string of the molecule is CCCCCCCCC(C)Oc1cnc(-c2c[c]ccc2)nc1. The number of unbranched alkanes of at least 4 members (excludes halogenated alkanes) is 5. The first-order chi connectivity index (χ1) is 11.3. The first-order valence-electron chi connectivity index (χ1n) is 8.74. The minimum absolute atomic E-state index is 0.209. The minimum Gasteiger partial charge on any atom is -0.487 e. The lowest BCUT2D eigenvalue weighted by Gasteiger charge is -2.14. The Labute approximate surface area is 140 Å². The second-order valence-electron chi connectivity index (χ2n) is 6.02. The molecule has 0 spiro atoms. The molecule has 0 fully saturated rings. The number of nitrogens with zero attached hydrogens (tertiary/aromatic N) is 2. The Balaban J connectivity index is 1.73. The molecule has 0 amide bonds. The van der Waals surface area contributed by atoms with E-state index in [-0.39, 0.29) is 6.10 Å². The molecule has 1 unspecified atom stereocenters. The van der Waals surface area contributed by atoms with Crippen molar-refractivity contribution < 1.29 is 4.74 Å². The van der Waals surface area contributed by atoms with Crippen LogP contribution in [0.2, 0.25) is 0 Å². The van der Waals surface area contributed by atoms with Crippen LogP contribution < -0.4 is 4.74 Å². The molecule has 1 radical (unpaired) electrons. The van der Waals surface area contributed by atoms with Gasteiger partial charge in [0.05, 0.1) is 18.5 Å². The smallest absolute Gasteiger partial charge is 0.159 e. The third-order valence-electron chi connectivity index (χ3n) is 3.89. The van der Waals surface area contributed by atoms with Gasteiger partial charge in [-0.3, -0.25) is 0 Å². The van der Waals surface area contributed by atoms with Gasteiger partial charge in [-0.2, -0.15) is 0 Å². The van der Waals surface area contributed by atoms with E-state index in [0.717, 1.165) is 17.7 Å². The van der Waals surface area contributed by atoms with E-state index in [1.54, 1.807) is 12.4 Å². The topological polar surface area (TPSA) is 35.0 Å². The molecule has 0 aliphatic carbocycles. The fraction of sp³-hybridized carbons (Fsp3) is 0.500. The van der Waals surface area contributed by atoms with Crippen molar-refractivity contribution in [3.63, 3.8) is 0 Å². The van der Waals surface area contributed by atoms with Crippen molar-refractivity contribution in [2.24, 2.45) is 0 Å². The lowest BCUT2D eigenvalue weighted by Crippen LogP contribution is -2.12. The molecule has 1 aromatic heterocycles. The van der Waals surface area contributed by atoms with Gasteiger partial charge in [0.25, 0.3) is 0 Å². The summed E-state index contributed by atoms with van der Waals surface area (Å²) in [4.78, 5) is 8.75. The molecule has 3 heteroatoms. The zero-order chi connectivity index (χ0) is 16.3. The van der Waals surface area contributed by atoms with Crippen molar-refractivity contribution in [2.45, 2.75) is 64.9 Å². The molecule has 0 aliphatic heterocycles. The molecular weight excluding hydrogens is 284 g/mol. The number of benzene rings is 1. The summed E-state index contributed by atoms with van der Waals surface area (Å²) < 4.78 is 5.90. The van der Waals surface area contributed by atoms with Crippen LogP contribution in [0.5, 0.6) is 5.75 Å². The van der Waals surface area contributed by atoms with Crippen LogP contribution in [-0.2, 0) is 0 Å². The maximum Gasteiger partial charge on any atom is 0.159 e. The predicted molar refractivity (Wildman–Crippen MR) is 94.4 cm³/mol. The zero-order valence-electron chi connectivity index (χ0n) is 14.3. The number of hydrogen-bond donors (Lipinski definition) is 0. The quantitative estimate of drug-likeness (QED) is 0.546. The molecule has 2 aromatic rings. The lowest BCUT2D eigenvalue weighted by molar-refractivity contribution is 0.205. The number of rotatable bonds is 10. The van der Waals surface area contributed by atoms with E-state index in [1.807, 2.05) is 24.3 Å². The Kier molecular flexibility index (Phi) is 7.58. The highest BCUT2D eigenvalue weighted by Gasteiger charge is 2.06. The molecule has 0 saturated heterocycles. The highest BCUT2D eigenvalue weighted by atomic mass is 16.5. The summed E-state index contributed by atoms with van der Waals surface area (Å²) in [5.41, 5.74) is 0.971. The molecule has 0 bridgehead atoms. The van der Waals surface area contributed by atoms with Crippen LogP contribution in [0.3, 0.4) is 0 Å². The normalized spacial score (nSPS) is 12.1. The Hall–Kier alpha value is -1.90. The molecule has 3 nitrogen and oxygen atoms in total. The number of aromatic nitrogens is 2. The monoisotopic (exact) mass is 311 g/mol. The van der Waals surface area contributed by atoms with Crippen LogP contribution in [-0.4, -0.2) is 16.1 Å². The third kappa shape index (κ3) is 6.39. The second-order valence-corrected chi connectivity index (χ2v) is 6.02. The van der Waals surface area contributed by atoms with Gasteiger partial charge in [0.1, 0.15) is 0 Å². The van der Waals surface area contributed by atoms with Gasteiger partial charge in [0, 0.05) is 5.56 Å². The van der Waals surface area contributed by atoms with Crippen molar-refractivity contribution >= 4 is 0 Å². The summed E-state index contributed by atoms with van der Waals surface area (Å²) >= 11 is 0. The van der Waals surface area contributed by atoms with Gasteiger partial charge in [0.15, 0.2) is 11.6 Å². The highest BCUT2D eigenvalue weighted by molar-refractivity contribution is 5.53. The van der Waals surface area contributed by atoms with Crippen LogP contribution in [0, 0.1) is 6.07 Å². The standard InChI is InChI=1S/C20H27N2O/c1-3-4-5-6-7-9-12-17(2)23-19-15-21-20(22-16-19)18-13-10-8-11-14-18/h8,10,13-17H,3-7,9,12H2,1-2H3. The van der Waals surface area contributed by atoms with Crippen molar-refractivity contribution in [3.05, 3.63) is 42.7 Å². The predicted octanol–water partition coefficient (Wildman–Crippen LogP) is 5.46. The molecule has 2 rings (SSSR count). The molecular formula is C20H27N2O.